The summed E-state index contributed by atoms with van der Waals surface area (Å²) < 4.78 is 11.5. The van der Waals surface area contributed by atoms with Crippen LogP contribution in [0, 0.1) is 0 Å². The summed E-state index contributed by atoms with van der Waals surface area (Å²) in [5.74, 6) is 0.671. The normalized spacial score (nSPS) is 15.8. The predicted octanol–water partition coefficient (Wildman–Crippen LogP) is 4.92. The number of ether oxygens (including phenoxy) is 2. The van der Waals surface area contributed by atoms with E-state index in [0.717, 1.165) is 23.1 Å². The number of benzene rings is 2. The summed E-state index contributed by atoms with van der Waals surface area (Å²) >= 11 is 0. The first kappa shape index (κ1) is 24.4. The third kappa shape index (κ3) is 6.85. The zero-order valence-electron chi connectivity index (χ0n) is 20.0. The second-order valence-corrected chi connectivity index (χ2v) is 9.40. The van der Waals surface area contributed by atoms with Gasteiger partial charge in [0.2, 0.25) is 5.91 Å². The topological polar surface area (TPSA) is 59.1 Å². The molecule has 0 bridgehead atoms. The zero-order chi connectivity index (χ0) is 24.0. The van der Waals surface area contributed by atoms with Crippen molar-refractivity contribution in [2.45, 2.75) is 51.9 Å². The molecule has 6 nitrogen and oxygen atoms in total. The molecule has 0 spiro atoms. The van der Waals surface area contributed by atoms with Gasteiger partial charge in [-0.2, -0.15) is 0 Å². The van der Waals surface area contributed by atoms with E-state index >= 15 is 0 Å². The largest absolute Gasteiger partial charge is 0.489 e. The van der Waals surface area contributed by atoms with Gasteiger partial charge < -0.3 is 19.3 Å². The highest BCUT2D eigenvalue weighted by molar-refractivity contribution is 5.80. The number of hydrogen-bond donors (Lipinski definition) is 0. The third-order valence-corrected chi connectivity index (χ3v) is 5.66. The SMILES string of the molecule is C=Cc1ccc(OCc2ccccc2)c(CC(=O)N(C)[C@@H]2CCN(C(=O)OC(C)(C)C)C2)c1. The van der Waals surface area contributed by atoms with E-state index in [9.17, 15) is 9.59 Å². The molecule has 6 heteroatoms. The number of likely N-dealkylation sites (tertiary alicyclic amines) is 1. The van der Waals surface area contributed by atoms with Gasteiger partial charge in [-0.1, -0.05) is 49.1 Å². The Labute approximate surface area is 196 Å². The van der Waals surface area contributed by atoms with Crippen LogP contribution >= 0.6 is 0 Å². The average Bonchev–Trinajstić information content (AvgIpc) is 3.27. The van der Waals surface area contributed by atoms with Crippen molar-refractivity contribution in [3.05, 3.63) is 71.8 Å². The van der Waals surface area contributed by atoms with Crippen LogP contribution in [0.1, 0.15) is 43.9 Å². The van der Waals surface area contributed by atoms with Crippen LogP contribution < -0.4 is 4.74 Å². The van der Waals surface area contributed by atoms with Crippen molar-refractivity contribution >= 4 is 18.1 Å². The molecule has 176 valence electrons. The van der Waals surface area contributed by atoms with Crippen LogP contribution in [-0.4, -0.2) is 53.6 Å². The van der Waals surface area contributed by atoms with Crippen molar-refractivity contribution in [3.8, 4) is 5.75 Å². The van der Waals surface area contributed by atoms with Crippen molar-refractivity contribution in [2.75, 3.05) is 20.1 Å². The third-order valence-electron chi connectivity index (χ3n) is 5.66. The molecule has 33 heavy (non-hydrogen) atoms. The second-order valence-electron chi connectivity index (χ2n) is 9.40. The van der Waals surface area contributed by atoms with Gasteiger partial charge in [-0.15, -0.1) is 0 Å². The van der Waals surface area contributed by atoms with Crippen LogP contribution in [0.15, 0.2) is 55.1 Å². The fraction of sp³-hybridized carbons (Fsp3) is 0.407. The molecular formula is C27H34N2O4. The van der Waals surface area contributed by atoms with Gasteiger partial charge in [0.15, 0.2) is 0 Å². The first-order valence-electron chi connectivity index (χ1n) is 11.3. The molecule has 0 N–H and O–H groups in total. The lowest BCUT2D eigenvalue weighted by Crippen LogP contribution is -2.41. The van der Waals surface area contributed by atoms with E-state index in [4.69, 9.17) is 9.47 Å². The molecule has 0 aromatic heterocycles. The van der Waals surface area contributed by atoms with Crippen LogP contribution in [0.5, 0.6) is 5.75 Å². The van der Waals surface area contributed by atoms with Gasteiger partial charge in [-0.3, -0.25) is 4.79 Å². The summed E-state index contributed by atoms with van der Waals surface area (Å²) in [4.78, 5) is 28.9. The molecule has 2 aromatic rings. The van der Waals surface area contributed by atoms with Gasteiger partial charge in [0.25, 0.3) is 0 Å². The van der Waals surface area contributed by atoms with Crippen LogP contribution in [0.3, 0.4) is 0 Å². The highest BCUT2D eigenvalue weighted by Crippen LogP contribution is 2.25. The highest BCUT2D eigenvalue weighted by atomic mass is 16.6. The van der Waals surface area contributed by atoms with Gasteiger partial charge in [0, 0.05) is 25.7 Å². The van der Waals surface area contributed by atoms with Crippen molar-refractivity contribution in [1.29, 1.82) is 0 Å². The van der Waals surface area contributed by atoms with Crippen LogP contribution in [0.4, 0.5) is 4.79 Å². The quantitative estimate of drug-likeness (QED) is 0.601. The van der Waals surface area contributed by atoms with Crippen molar-refractivity contribution in [3.63, 3.8) is 0 Å². The van der Waals surface area contributed by atoms with E-state index in [1.807, 2.05) is 69.3 Å². The fourth-order valence-corrected chi connectivity index (χ4v) is 3.78. The standard InChI is InChI=1S/C27H34N2O4/c1-6-20-12-13-24(32-19-21-10-8-7-9-11-21)22(16-20)17-25(30)28(5)23-14-15-29(18-23)26(31)33-27(2,3)4/h6-13,16,23H,1,14-15,17-19H2,2-5H3/t23-/m1/s1. The molecule has 1 aliphatic heterocycles. The molecule has 1 fully saturated rings. The van der Waals surface area contributed by atoms with Gasteiger partial charge in [-0.05, 0) is 50.5 Å². The Morgan fingerprint density at radius 1 is 1.18 bits per heavy atom. The van der Waals surface area contributed by atoms with Crippen molar-refractivity contribution < 1.29 is 19.1 Å². The lowest BCUT2D eigenvalue weighted by Gasteiger charge is -2.27. The Kier molecular flexibility index (Phi) is 7.79. The number of hydrogen-bond acceptors (Lipinski definition) is 4. The van der Waals surface area contributed by atoms with E-state index in [-0.39, 0.29) is 24.5 Å². The van der Waals surface area contributed by atoms with Crippen LogP contribution in [0.25, 0.3) is 6.08 Å². The van der Waals surface area contributed by atoms with Gasteiger partial charge >= 0.3 is 6.09 Å². The van der Waals surface area contributed by atoms with E-state index in [2.05, 4.69) is 6.58 Å². The first-order valence-corrected chi connectivity index (χ1v) is 11.3. The summed E-state index contributed by atoms with van der Waals surface area (Å²) in [7, 11) is 1.80. The number of carbonyl (C=O) groups excluding carboxylic acids is 2. The number of carbonyl (C=O) groups is 2. The second kappa shape index (κ2) is 10.6. The smallest absolute Gasteiger partial charge is 0.410 e. The predicted molar refractivity (Wildman–Crippen MR) is 130 cm³/mol. The van der Waals surface area contributed by atoms with Gasteiger partial charge in [0.05, 0.1) is 12.5 Å². The fourth-order valence-electron chi connectivity index (χ4n) is 3.78. The van der Waals surface area contributed by atoms with Crippen molar-refractivity contribution in [1.82, 2.24) is 9.80 Å². The molecular weight excluding hydrogens is 416 g/mol. The Bertz CT molecular complexity index is 981. The summed E-state index contributed by atoms with van der Waals surface area (Å²) in [5, 5.41) is 0. The Balaban J connectivity index is 1.65. The van der Waals surface area contributed by atoms with E-state index in [1.165, 1.54) is 0 Å². The van der Waals surface area contributed by atoms with E-state index < -0.39 is 5.60 Å². The Morgan fingerprint density at radius 3 is 2.58 bits per heavy atom. The molecule has 0 aliphatic carbocycles. The van der Waals surface area contributed by atoms with E-state index in [1.54, 1.807) is 22.9 Å². The molecule has 1 atom stereocenters. The summed E-state index contributed by atoms with van der Waals surface area (Å²) in [6, 6.07) is 15.7. The number of rotatable bonds is 7. The van der Waals surface area contributed by atoms with E-state index in [0.29, 0.717) is 25.4 Å². The maximum atomic E-state index is 13.1. The summed E-state index contributed by atoms with van der Waals surface area (Å²) in [6.45, 7) is 10.9. The highest BCUT2D eigenvalue weighted by Gasteiger charge is 2.33. The molecule has 0 radical (unpaired) electrons. The molecule has 3 rings (SSSR count). The van der Waals surface area contributed by atoms with Crippen molar-refractivity contribution in [2.24, 2.45) is 0 Å². The number of likely N-dealkylation sites (N-methyl/N-ethyl adjacent to an activating group) is 1. The minimum absolute atomic E-state index is 0.0168. The monoisotopic (exact) mass is 450 g/mol. The number of amides is 2. The Hall–Kier alpha value is -3.28. The summed E-state index contributed by atoms with van der Waals surface area (Å²) in [6.07, 6.45) is 2.37. The average molecular weight is 451 g/mol. The van der Waals surface area contributed by atoms with Crippen LogP contribution in [0.2, 0.25) is 0 Å². The molecule has 2 aromatic carbocycles. The Morgan fingerprint density at radius 2 is 1.91 bits per heavy atom. The molecule has 2 amide bonds. The molecule has 1 saturated heterocycles. The lowest BCUT2D eigenvalue weighted by atomic mass is 10.1. The maximum absolute atomic E-state index is 13.1. The molecule has 1 heterocycles. The number of nitrogens with zero attached hydrogens (tertiary/aromatic N) is 2. The zero-order valence-corrected chi connectivity index (χ0v) is 20.0. The van der Waals surface area contributed by atoms with Gasteiger partial charge in [-0.25, -0.2) is 4.79 Å². The van der Waals surface area contributed by atoms with Crippen LogP contribution in [-0.2, 0) is 22.6 Å². The first-order chi connectivity index (χ1) is 15.7. The molecule has 0 unspecified atom stereocenters. The minimum atomic E-state index is -0.538. The minimum Gasteiger partial charge on any atom is -0.489 e. The van der Waals surface area contributed by atoms with Gasteiger partial charge in [0.1, 0.15) is 18.0 Å². The summed E-state index contributed by atoms with van der Waals surface area (Å²) in [5.41, 5.74) is 2.28. The molecule has 1 aliphatic rings. The lowest BCUT2D eigenvalue weighted by molar-refractivity contribution is -0.131. The maximum Gasteiger partial charge on any atom is 0.410 e. The molecule has 0 saturated carbocycles.